The van der Waals surface area contributed by atoms with E-state index >= 15 is 0 Å². The van der Waals surface area contributed by atoms with E-state index < -0.39 is 36.4 Å². The maximum absolute atomic E-state index is 12.7. The third kappa shape index (κ3) is 4.33. The van der Waals surface area contributed by atoms with Gasteiger partial charge in [-0.2, -0.15) is 13.9 Å². The van der Waals surface area contributed by atoms with Crippen molar-refractivity contribution in [1.82, 2.24) is 14.7 Å². The maximum Gasteiger partial charge on any atom is 0.338 e. The smallest absolute Gasteiger partial charge is 0.338 e. The van der Waals surface area contributed by atoms with Gasteiger partial charge in [0.2, 0.25) is 5.91 Å². The SMILES string of the molecule is NC(=O)C[C@H]1CN(C(=O)c2ccn(C(F)F)n2)C[C@H]1OC(=O)c1ccccc1. The van der Waals surface area contributed by atoms with Crippen molar-refractivity contribution in [2.75, 3.05) is 13.1 Å². The molecular formula is C18H18F2N4O4. The second kappa shape index (κ2) is 8.15. The van der Waals surface area contributed by atoms with Gasteiger partial charge in [0, 0.05) is 25.1 Å². The molecule has 2 atom stereocenters. The van der Waals surface area contributed by atoms with E-state index in [4.69, 9.17) is 10.5 Å². The van der Waals surface area contributed by atoms with Crippen molar-refractivity contribution in [2.45, 2.75) is 19.1 Å². The number of nitrogens with zero attached hydrogens (tertiary/aromatic N) is 3. The molecule has 0 unspecified atom stereocenters. The van der Waals surface area contributed by atoms with Crippen LogP contribution < -0.4 is 5.73 Å². The third-order valence-electron chi connectivity index (χ3n) is 4.43. The minimum Gasteiger partial charge on any atom is -0.457 e. The van der Waals surface area contributed by atoms with Gasteiger partial charge in [0.25, 0.3) is 5.91 Å². The van der Waals surface area contributed by atoms with Crippen LogP contribution in [0, 0.1) is 5.92 Å². The summed E-state index contributed by atoms with van der Waals surface area (Å²) in [6.07, 6.45) is 0.172. The minimum absolute atomic E-state index is 0.0108. The Balaban J connectivity index is 1.73. The monoisotopic (exact) mass is 392 g/mol. The molecular weight excluding hydrogens is 374 g/mol. The van der Waals surface area contributed by atoms with Gasteiger partial charge < -0.3 is 15.4 Å². The van der Waals surface area contributed by atoms with E-state index in [1.807, 2.05) is 0 Å². The van der Waals surface area contributed by atoms with Crippen LogP contribution in [0.2, 0.25) is 0 Å². The fourth-order valence-corrected chi connectivity index (χ4v) is 3.10. The zero-order chi connectivity index (χ0) is 20.3. The number of esters is 1. The summed E-state index contributed by atoms with van der Waals surface area (Å²) in [6, 6.07) is 9.46. The van der Waals surface area contributed by atoms with Gasteiger partial charge in [-0.3, -0.25) is 9.59 Å². The summed E-state index contributed by atoms with van der Waals surface area (Å²) in [5.74, 6) is -2.27. The van der Waals surface area contributed by atoms with Gasteiger partial charge in [0.1, 0.15) is 6.10 Å². The van der Waals surface area contributed by atoms with Crippen molar-refractivity contribution in [3.8, 4) is 0 Å². The Labute approximate surface area is 158 Å². The molecule has 1 saturated heterocycles. The van der Waals surface area contributed by atoms with Crippen LogP contribution in [0.4, 0.5) is 8.78 Å². The molecule has 2 N–H and O–H groups in total. The van der Waals surface area contributed by atoms with Crippen LogP contribution >= 0.6 is 0 Å². The predicted molar refractivity (Wildman–Crippen MR) is 92.3 cm³/mol. The molecule has 1 aliphatic heterocycles. The molecule has 2 aromatic rings. The van der Waals surface area contributed by atoms with E-state index in [0.29, 0.717) is 10.2 Å². The van der Waals surface area contributed by atoms with Crippen LogP contribution in [-0.4, -0.2) is 51.7 Å². The molecule has 2 amide bonds. The number of hydrogen-bond acceptors (Lipinski definition) is 5. The lowest BCUT2D eigenvalue weighted by atomic mass is 10.0. The number of carbonyl (C=O) groups is 3. The van der Waals surface area contributed by atoms with Crippen LogP contribution in [0.15, 0.2) is 42.6 Å². The molecule has 10 heteroatoms. The lowest BCUT2D eigenvalue weighted by Gasteiger charge is -2.17. The topological polar surface area (TPSA) is 108 Å². The van der Waals surface area contributed by atoms with Gasteiger partial charge in [-0.15, -0.1) is 0 Å². The normalized spacial score (nSPS) is 19.0. The number of carbonyl (C=O) groups excluding carboxylic acids is 3. The van der Waals surface area contributed by atoms with E-state index in [0.717, 1.165) is 6.20 Å². The molecule has 1 aliphatic rings. The highest BCUT2D eigenvalue weighted by Crippen LogP contribution is 2.25. The zero-order valence-electron chi connectivity index (χ0n) is 14.7. The Morgan fingerprint density at radius 1 is 1.18 bits per heavy atom. The predicted octanol–water partition coefficient (Wildman–Crippen LogP) is 1.45. The second-order valence-corrected chi connectivity index (χ2v) is 6.41. The van der Waals surface area contributed by atoms with E-state index in [1.54, 1.807) is 30.3 Å². The number of hydrogen-bond donors (Lipinski definition) is 1. The molecule has 28 heavy (non-hydrogen) atoms. The van der Waals surface area contributed by atoms with E-state index in [-0.39, 0.29) is 25.2 Å². The van der Waals surface area contributed by atoms with Crippen molar-refractivity contribution in [2.24, 2.45) is 11.7 Å². The quantitative estimate of drug-likeness (QED) is 0.749. The Bertz CT molecular complexity index is 871. The minimum atomic E-state index is -2.86. The first kappa shape index (κ1) is 19.5. The number of likely N-dealkylation sites (tertiary alicyclic amines) is 1. The zero-order valence-corrected chi connectivity index (χ0v) is 14.7. The molecule has 3 rings (SSSR count). The molecule has 1 aromatic heterocycles. The fourth-order valence-electron chi connectivity index (χ4n) is 3.10. The molecule has 0 aliphatic carbocycles. The molecule has 1 aromatic carbocycles. The number of rotatable bonds is 6. The number of halogens is 2. The Morgan fingerprint density at radius 2 is 1.89 bits per heavy atom. The number of ether oxygens (including phenoxy) is 1. The van der Waals surface area contributed by atoms with Gasteiger partial charge >= 0.3 is 12.5 Å². The summed E-state index contributed by atoms with van der Waals surface area (Å²) in [6.45, 7) is -2.75. The number of nitrogens with two attached hydrogens (primary N) is 1. The van der Waals surface area contributed by atoms with Crippen molar-refractivity contribution >= 4 is 17.8 Å². The van der Waals surface area contributed by atoms with Gasteiger partial charge in [0.15, 0.2) is 5.69 Å². The average Bonchev–Trinajstić information content (AvgIpc) is 3.29. The van der Waals surface area contributed by atoms with Crippen LogP contribution in [-0.2, 0) is 9.53 Å². The van der Waals surface area contributed by atoms with Crippen LogP contribution in [0.3, 0.4) is 0 Å². The summed E-state index contributed by atoms with van der Waals surface area (Å²) in [7, 11) is 0. The summed E-state index contributed by atoms with van der Waals surface area (Å²) in [4.78, 5) is 37.6. The lowest BCUT2D eigenvalue weighted by Crippen LogP contribution is -2.31. The van der Waals surface area contributed by atoms with Crippen molar-refractivity contribution in [1.29, 1.82) is 0 Å². The van der Waals surface area contributed by atoms with Gasteiger partial charge in [0.05, 0.1) is 12.1 Å². The molecule has 0 radical (unpaired) electrons. The van der Waals surface area contributed by atoms with Crippen LogP contribution in [0.25, 0.3) is 0 Å². The first-order valence-electron chi connectivity index (χ1n) is 8.52. The first-order valence-corrected chi connectivity index (χ1v) is 8.52. The van der Waals surface area contributed by atoms with Crippen molar-refractivity contribution < 1.29 is 27.9 Å². The number of benzene rings is 1. The average molecular weight is 392 g/mol. The van der Waals surface area contributed by atoms with Crippen molar-refractivity contribution in [3.05, 3.63) is 53.9 Å². The summed E-state index contributed by atoms with van der Waals surface area (Å²) in [5, 5.41) is 3.55. The molecule has 0 bridgehead atoms. The lowest BCUT2D eigenvalue weighted by molar-refractivity contribution is -0.119. The largest absolute Gasteiger partial charge is 0.457 e. The standard InChI is InChI=1S/C18H18F2N4O4/c19-18(20)24-7-6-13(22-24)16(26)23-9-12(8-15(21)25)14(10-23)28-17(27)11-4-2-1-3-5-11/h1-7,12,14,18H,8-10H2,(H2,21,25)/t12-,14+/m0/s1. The highest BCUT2D eigenvalue weighted by Gasteiger charge is 2.39. The third-order valence-corrected chi connectivity index (χ3v) is 4.43. The highest BCUT2D eigenvalue weighted by atomic mass is 19.3. The summed E-state index contributed by atoms with van der Waals surface area (Å²) in [5.41, 5.74) is 5.44. The van der Waals surface area contributed by atoms with Gasteiger partial charge in [-0.1, -0.05) is 18.2 Å². The number of aromatic nitrogens is 2. The first-order chi connectivity index (χ1) is 13.3. The second-order valence-electron chi connectivity index (χ2n) is 6.41. The van der Waals surface area contributed by atoms with Gasteiger partial charge in [-0.25, -0.2) is 9.48 Å². The molecule has 8 nitrogen and oxygen atoms in total. The molecule has 0 spiro atoms. The fraction of sp³-hybridized carbons (Fsp3) is 0.333. The van der Waals surface area contributed by atoms with Crippen LogP contribution in [0.5, 0.6) is 0 Å². The van der Waals surface area contributed by atoms with Crippen LogP contribution in [0.1, 0.15) is 33.8 Å². The number of primary amides is 1. The van der Waals surface area contributed by atoms with Crippen molar-refractivity contribution in [3.63, 3.8) is 0 Å². The van der Waals surface area contributed by atoms with E-state index in [1.165, 1.54) is 11.0 Å². The molecule has 148 valence electrons. The van der Waals surface area contributed by atoms with E-state index in [2.05, 4.69) is 5.10 Å². The maximum atomic E-state index is 12.7. The van der Waals surface area contributed by atoms with Gasteiger partial charge in [-0.05, 0) is 18.2 Å². The highest BCUT2D eigenvalue weighted by molar-refractivity contribution is 5.93. The Kier molecular flexibility index (Phi) is 5.67. The molecule has 2 heterocycles. The summed E-state index contributed by atoms with van der Waals surface area (Å²) < 4.78 is 31.2. The number of alkyl halides is 2. The molecule has 1 fully saturated rings. The van der Waals surface area contributed by atoms with E-state index in [9.17, 15) is 23.2 Å². The number of amides is 2. The molecule has 0 saturated carbocycles. The Morgan fingerprint density at radius 3 is 2.50 bits per heavy atom. The summed E-state index contributed by atoms with van der Waals surface area (Å²) >= 11 is 0. The Hall–Kier alpha value is -3.30.